The molecule has 2 aliphatic rings. The van der Waals surface area contributed by atoms with Crippen molar-refractivity contribution in [2.24, 2.45) is 5.92 Å². The minimum Gasteiger partial charge on any atom is -0.508 e. The predicted octanol–water partition coefficient (Wildman–Crippen LogP) is 4.68. The number of amides is 1. The van der Waals surface area contributed by atoms with Crippen LogP contribution in [0.15, 0.2) is 54.6 Å². The Morgan fingerprint density at radius 2 is 1.50 bits per heavy atom. The number of carboxylic acids is 1. The van der Waals surface area contributed by atoms with Crippen LogP contribution in [0.25, 0.3) is 0 Å². The van der Waals surface area contributed by atoms with E-state index >= 15 is 0 Å². The maximum Gasteiger partial charge on any atom is 0.340 e. The summed E-state index contributed by atoms with van der Waals surface area (Å²) in [5.41, 5.74) is 0.211. The molecule has 2 heterocycles. The second-order valence-corrected chi connectivity index (χ2v) is 9.98. The number of benzene rings is 3. The quantitative estimate of drug-likeness (QED) is 0.331. The van der Waals surface area contributed by atoms with E-state index < -0.39 is 29.5 Å². The van der Waals surface area contributed by atoms with E-state index in [2.05, 4.69) is 5.32 Å². The van der Waals surface area contributed by atoms with E-state index in [0.717, 1.165) is 6.42 Å². The van der Waals surface area contributed by atoms with Gasteiger partial charge >= 0.3 is 11.9 Å². The zero-order valence-corrected chi connectivity index (χ0v) is 20.9. The van der Waals surface area contributed by atoms with Gasteiger partial charge in [0.05, 0.1) is 5.56 Å². The number of carbonyl (C=O) groups is 3. The number of carbonyl (C=O) groups excluding carboxylic acids is 2. The van der Waals surface area contributed by atoms with Crippen molar-refractivity contribution in [2.45, 2.75) is 44.8 Å². The van der Waals surface area contributed by atoms with Gasteiger partial charge in [-0.3, -0.25) is 4.79 Å². The lowest BCUT2D eigenvalue weighted by Gasteiger charge is -2.36. The van der Waals surface area contributed by atoms with E-state index in [0.29, 0.717) is 35.4 Å². The van der Waals surface area contributed by atoms with Crippen LogP contribution < -0.4 is 10.1 Å². The zero-order valence-electron chi connectivity index (χ0n) is 20.9. The van der Waals surface area contributed by atoms with Crippen LogP contribution in [0.2, 0.25) is 0 Å². The molecule has 9 heteroatoms. The van der Waals surface area contributed by atoms with E-state index in [-0.39, 0.29) is 34.1 Å². The highest BCUT2D eigenvalue weighted by Crippen LogP contribution is 2.57. The average molecular weight is 518 g/mol. The Morgan fingerprint density at radius 3 is 2.08 bits per heavy atom. The first-order chi connectivity index (χ1) is 18.1. The van der Waals surface area contributed by atoms with Crippen molar-refractivity contribution in [3.63, 3.8) is 0 Å². The lowest BCUT2D eigenvalue weighted by atomic mass is 9.77. The van der Waals surface area contributed by atoms with Gasteiger partial charge in [0.15, 0.2) is 5.60 Å². The van der Waals surface area contributed by atoms with E-state index in [1.54, 1.807) is 18.2 Å². The molecule has 0 saturated heterocycles. The molecule has 0 aromatic heterocycles. The minimum absolute atomic E-state index is 0.0551. The third-order valence-corrected chi connectivity index (χ3v) is 6.91. The third-order valence-electron chi connectivity index (χ3n) is 6.91. The molecule has 0 saturated carbocycles. The Bertz CT molecular complexity index is 1410. The Labute approximate surface area is 218 Å². The third kappa shape index (κ3) is 4.19. The number of nitrogens with one attached hydrogen (secondary N) is 1. The lowest BCUT2D eigenvalue weighted by molar-refractivity contribution is -0.139. The summed E-state index contributed by atoms with van der Waals surface area (Å²) >= 11 is 0. The summed E-state index contributed by atoms with van der Waals surface area (Å²) in [6, 6.07) is 12.3. The molecule has 5 rings (SSSR count). The highest BCUT2D eigenvalue weighted by molar-refractivity contribution is 6.02. The Hall–Kier alpha value is -4.53. The minimum atomic E-state index is -1.44. The summed E-state index contributed by atoms with van der Waals surface area (Å²) in [4.78, 5) is 37.9. The van der Waals surface area contributed by atoms with Crippen molar-refractivity contribution < 1.29 is 39.2 Å². The van der Waals surface area contributed by atoms with Gasteiger partial charge in [0.1, 0.15) is 29.0 Å². The number of hydrogen-bond donors (Lipinski definition) is 4. The molecule has 38 heavy (non-hydrogen) atoms. The highest BCUT2D eigenvalue weighted by Gasteiger charge is 2.53. The first-order valence-corrected chi connectivity index (χ1v) is 12.4. The number of aromatic hydroxyl groups is 2. The van der Waals surface area contributed by atoms with Crippen LogP contribution >= 0.6 is 0 Å². The van der Waals surface area contributed by atoms with Crippen LogP contribution in [-0.4, -0.2) is 39.2 Å². The molecule has 1 atom stereocenters. The fourth-order valence-corrected chi connectivity index (χ4v) is 5.08. The molecule has 0 fully saturated rings. The molecular weight excluding hydrogens is 490 g/mol. The van der Waals surface area contributed by atoms with Crippen LogP contribution in [0, 0.1) is 5.92 Å². The largest absolute Gasteiger partial charge is 0.508 e. The first kappa shape index (κ1) is 25.1. The summed E-state index contributed by atoms with van der Waals surface area (Å²) in [6.07, 6.45) is 1.79. The molecule has 4 N–H and O–H groups in total. The van der Waals surface area contributed by atoms with Gasteiger partial charge in [-0.25, -0.2) is 9.59 Å². The molecule has 0 bridgehead atoms. The van der Waals surface area contributed by atoms with Crippen LogP contribution in [0.1, 0.15) is 70.5 Å². The fourth-order valence-electron chi connectivity index (χ4n) is 5.08. The molecule has 9 nitrogen and oxygen atoms in total. The first-order valence-electron chi connectivity index (χ1n) is 12.4. The average Bonchev–Trinajstić information content (AvgIpc) is 3.14. The number of esters is 1. The number of aliphatic carboxylic acids is 1. The molecule has 0 aliphatic carbocycles. The normalized spacial score (nSPS) is 15.2. The molecule has 2 aliphatic heterocycles. The number of ether oxygens (including phenoxy) is 2. The van der Waals surface area contributed by atoms with Crippen molar-refractivity contribution in [2.75, 3.05) is 0 Å². The summed E-state index contributed by atoms with van der Waals surface area (Å²) < 4.78 is 11.9. The van der Waals surface area contributed by atoms with Gasteiger partial charge in [0.2, 0.25) is 0 Å². The van der Waals surface area contributed by atoms with E-state index in [1.165, 1.54) is 36.4 Å². The van der Waals surface area contributed by atoms with E-state index in [1.807, 2.05) is 13.8 Å². The second kappa shape index (κ2) is 9.41. The summed E-state index contributed by atoms with van der Waals surface area (Å²) in [5, 5.41) is 32.2. The number of fused-ring (bicyclic) bond motifs is 6. The number of carboxylic acid groups (broad SMARTS) is 1. The molecule has 3 aromatic rings. The van der Waals surface area contributed by atoms with Gasteiger partial charge in [-0.2, -0.15) is 0 Å². The summed E-state index contributed by atoms with van der Waals surface area (Å²) in [5.74, 6) is -1.61. The SMILES string of the molecule is CC(C)CCCC(NC(=O)c1ccc2c(c1)C(=O)OC21c2ccc(O)cc2Oc2cc(O)ccc21)C(=O)O. The number of hydrogen-bond acceptors (Lipinski definition) is 7. The molecule has 1 spiro atoms. The number of phenols is 2. The van der Waals surface area contributed by atoms with Gasteiger partial charge in [0, 0.05) is 34.4 Å². The maximum atomic E-state index is 13.2. The standard InChI is InChI=1S/C29H27NO8/c1-15(2)4-3-5-23(27(34)35)30-26(33)16-6-9-20-19(12-16)28(36)38-29(20)21-10-7-17(31)13-24(21)37-25-14-18(32)8-11-22(25)29/h6-15,23,31-32H,3-5H2,1-2H3,(H,30,33)(H,34,35). The topological polar surface area (TPSA) is 142 Å². The van der Waals surface area contributed by atoms with Crippen molar-refractivity contribution in [1.82, 2.24) is 5.32 Å². The van der Waals surface area contributed by atoms with Crippen LogP contribution in [-0.2, 0) is 15.1 Å². The van der Waals surface area contributed by atoms with Crippen LogP contribution in [0.4, 0.5) is 0 Å². The Morgan fingerprint density at radius 1 is 0.895 bits per heavy atom. The molecule has 1 amide bonds. The van der Waals surface area contributed by atoms with Gasteiger partial charge in [-0.05, 0) is 48.7 Å². The van der Waals surface area contributed by atoms with Gasteiger partial charge < -0.3 is 30.1 Å². The monoisotopic (exact) mass is 517 g/mol. The number of phenolic OH excluding ortho intramolecular Hbond substituents is 2. The summed E-state index contributed by atoms with van der Waals surface area (Å²) in [7, 11) is 0. The van der Waals surface area contributed by atoms with E-state index in [4.69, 9.17) is 9.47 Å². The van der Waals surface area contributed by atoms with Crippen molar-refractivity contribution in [1.29, 1.82) is 0 Å². The Kier molecular flexibility index (Phi) is 6.22. The van der Waals surface area contributed by atoms with Crippen molar-refractivity contribution >= 4 is 17.8 Å². The highest BCUT2D eigenvalue weighted by atomic mass is 16.6. The summed E-state index contributed by atoms with van der Waals surface area (Å²) in [6.45, 7) is 4.09. The van der Waals surface area contributed by atoms with Crippen molar-refractivity contribution in [3.8, 4) is 23.0 Å². The molecule has 1 unspecified atom stereocenters. The smallest absolute Gasteiger partial charge is 0.340 e. The Balaban J connectivity index is 1.53. The van der Waals surface area contributed by atoms with Gasteiger partial charge in [-0.1, -0.05) is 32.8 Å². The lowest BCUT2D eigenvalue weighted by Crippen LogP contribution is -2.40. The van der Waals surface area contributed by atoms with Crippen LogP contribution in [0.5, 0.6) is 23.0 Å². The molecule has 3 aromatic carbocycles. The fraction of sp³-hybridized carbons (Fsp3) is 0.276. The van der Waals surface area contributed by atoms with Crippen LogP contribution in [0.3, 0.4) is 0 Å². The van der Waals surface area contributed by atoms with E-state index in [9.17, 15) is 29.7 Å². The zero-order chi connectivity index (χ0) is 27.2. The second-order valence-electron chi connectivity index (χ2n) is 9.98. The van der Waals surface area contributed by atoms with Crippen molar-refractivity contribution in [3.05, 3.63) is 82.4 Å². The molecule has 0 radical (unpaired) electrons. The predicted molar refractivity (Wildman–Crippen MR) is 136 cm³/mol. The molecular formula is C29H27NO8. The van der Waals surface area contributed by atoms with Gasteiger partial charge in [0.25, 0.3) is 5.91 Å². The molecule has 196 valence electrons. The maximum absolute atomic E-state index is 13.2. The number of rotatable bonds is 7. The van der Waals surface area contributed by atoms with Gasteiger partial charge in [-0.15, -0.1) is 0 Å².